The van der Waals surface area contributed by atoms with Gasteiger partial charge in [-0.25, -0.2) is 4.79 Å². The molecule has 0 aliphatic rings. The molecule has 21 heavy (non-hydrogen) atoms. The summed E-state index contributed by atoms with van der Waals surface area (Å²) < 4.78 is 0. The highest BCUT2D eigenvalue weighted by molar-refractivity contribution is 6.30. The molecule has 2 amide bonds. The van der Waals surface area contributed by atoms with Crippen LogP contribution in [0, 0.1) is 0 Å². The van der Waals surface area contributed by atoms with Gasteiger partial charge in [-0.05, 0) is 42.2 Å². The van der Waals surface area contributed by atoms with Gasteiger partial charge in [-0.15, -0.1) is 0 Å². The van der Waals surface area contributed by atoms with E-state index in [0.29, 0.717) is 13.1 Å². The van der Waals surface area contributed by atoms with E-state index in [1.807, 2.05) is 36.4 Å². The lowest BCUT2D eigenvalue weighted by Gasteiger charge is -2.07. The summed E-state index contributed by atoms with van der Waals surface area (Å²) in [4.78, 5) is 15.7. The summed E-state index contributed by atoms with van der Waals surface area (Å²) in [5.74, 6) is 0. The Balaban J connectivity index is 1.60. The van der Waals surface area contributed by atoms with E-state index in [4.69, 9.17) is 11.6 Å². The van der Waals surface area contributed by atoms with Crippen molar-refractivity contribution in [3.63, 3.8) is 0 Å². The molecule has 0 fully saturated rings. The molecule has 0 unspecified atom stereocenters. The maximum atomic E-state index is 11.6. The second kappa shape index (κ2) is 8.27. The first kappa shape index (κ1) is 15.3. The Labute approximate surface area is 129 Å². The molecule has 2 aromatic rings. The van der Waals surface area contributed by atoms with Crippen molar-refractivity contribution in [1.82, 2.24) is 15.6 Å². The topological polar surface area (TPSA) is 54.0 Å². The van der Waals surface area contributed by atoms with E-state index in [1.165, 1.54) is 0 Å². The second-order valence-corrected chi connectivity index (χ2v) is 5.11. The minimum absolute atomic E-state index is 0.146. The summed E-state index contributed by atoms with van der Waals surface area (Å²) in [7, 11) is 0. The number of aromatic nitrogens is 1. The number of amides is 2. The molecular weight excluding hydrogens is 286 g/mol. The number of hydrogen-bond donors (Lipinski definition) is 2. The summed E-state index contributed by atoms with van der Waals surface area (Å²) in [6.45, 7) is 1.19. The molecule has 0 saturated carbocycles. The van der Waals surface area contributed by atoms with Crippen LogP contribution in [0.3, 0.4) is 0 Å². The minimum atomic E-state index is -0.146. The smallest absolute Gasteiger partial charge is 0.314 e. The summed E-state index contributed by atoms with van der Waals surface area (Å²) in [6, 6.07) is 11.4. The van der Waals surface area contributed by atoms with Crippen LogP contribution >= 0.6 is 11.6 Å². The van der Waals surface area contributed by atoms with Gasteiger partial charge >= 0.3 is 6.03 Å². The van der Waals surface area contributed by atoms with Gasteiger partial charge in [-0.1, -0.05) is 29.8 Å². The number of hydrogen-bond acceptors (Lipinski definition) is 2. The Morgan fingerprint density at radius 3 is 2.29 bits per heavy atom. The van der Waals surface area contributed by atoms with Crippen LogP contribution in [0.5, 0.6) is 0 Å². The quantitative estimate of drug-likeness (QED) is 0.862. The third kappa shape index (κ3) is 5.83. The van der Waals surface area contributed by atoms with E-state index in [1.54, 1.807) is 12.4 Å². The first-order chi connectivity index (χ1) is 10.2. The highest BCUT2D eigenvalue weighted by atomic mass is 35.5. The van der Waals surface area contributed by atoms with Crippen molar-refractivity contribution in [2.45, 2.75) is 12.8 Å². The zero-order valence-electron chi connectivity index (χ0n) is 11.7. The lowest BCUT2D eigenvalue weighted by molar-refractivity contribution is 0.241. The van der Waals surface area contributed by atoms with E-state index >= 15 is 0 Å². The predicted molar refractivity (Wildman–Crippen MR) is 84.5 cm³/mol. The standard InChI is InChI=1S/C16H18ClN3O/c17-15-5-3-13(4-6-15)7-10-19-16(21)20-11-8-14-2-1-9-18-12-14/h1-6,9,12H,7-8,10-11H2,(H2,19,20,21). The fourth-order valence-corrected chi connectivity index (χ4v) is 2.03. The van der Waals surface area contributed by atoms with Gasteiger partial charge < -0.3 is 10.6 Å². The van der Waals surface area contributed by atoms with Crippen LogP contribution in [0.15, 0.2) is 48.8 Å². The third-order valence-electron chi connectivity index (χ3n) is 3.03. The van der Waals surface area contributed by atoms with Crippen LogP contribution in [0.1, 0.15) is 11.1 Å². The number of nitrogens with zero attached hydrogens (tertiary/aromatic N) is 1. The average molecular weight is 304 g/mol. The van der Waals surface area contributed by atoms with E-state index in [0.717, 1.165) is 29.0 Å². The Kier molecular flexibility index (Phi) is 6.03. The molecule has 110 valence electrons. The van der Waals surface area contributed by atoms with Crippen LogP contribution < -0.4 is 10.6 Å². The average Bonchev–Trinajstić information content (AvgIpc) is 2.50. The molecule has 0 spiro atoms. The zero-order chi connectivity index (χ0) is 14.9. The molecule has 0 saturated heterocycles. The number of halogens is 1. The minimum Gasteiger partial charge on any atom is -0.338 e. The fraction of sp³-hybridized carbons (Fsp3) is 0.250. The summed E-state index contributed by atoms with van der Waals surface area (Å²) in [6.07, 6.45) is 5.10. The molecule has 5 heteroatoms. The Morgan fingerprint density at radius 1 is 1.00 bits per heavy atom. The molecule has 2 N–H and O–H groups in total. The van der Waals surface area contributed by atoms with Crippen molar-refractivity contribution < 1.29 is 4.79 Å². The molecule has 1 aromatic heterocycles. The highest BCUT2D eigenvalue weighted by Gasteiger charge is 2.00. The normalized spacial score (nSPS) is 10.1. The summed E-state index contributed by atoms with van der Waals surface area (Å²) in [5.41, 5.74) is 2.26. The SMILES string of the molecule is O=C(NCCc1ccc(Cl)cc1)NCCc1cccnc1. The van der Waals surface area contributed by atoms with Crippen LogP contribution in [0.25, 0.3) is 0 Å². The number of benzene rings is 1. The summed E-state index contributed by atoms with van der Waals surface area (Å²) in [5, 5.41) is 6.38. The van der Waals surface area contributed by atoms with Crippen molar-refractivity contribution >= 4 is 17.6 Å². The molecule has 2 rings (SSSR count). The fourth-order valence-electron chi connectivity index (χ4n) is 1.90. The van der Waals surface area contributed by atoms with Crippen molar-refractivity contribution in [2.75, 3.05) is 13.1 Å². The van der Waals surface area contributed by atoms with Crippen LogP contribution in [-0.4, -0.2) is 24.1 Å². The monoisotopic (exact) mass is 303 g/mol. The number of urea groups is 1. The molecule has 0 atom stereocenters. The lowest BCUT2D eigenvalue weighted by Crippen LogP contribution is -2.37. The number of pyridine rings is 1. The van der Waals surface area contributed by atoms with E-state index in [2.05, 4.69) is 15.6 Å². The van der Waals surface area contributed by atoms with Gasteiger partial charge in [-0.2, -0.15) is 0 Å². The van der Waals surface area contributed by atoms with Crippen LogP contribution in [-0.2, 0) is 12.8 Å². The molecule has 0 radical (unpaired) electrons. The highest BCUT2D eigenvalue weighted by Crippen LogP contribution is 2.09. The first-order valence-electron chi connectivity index (χ1n) is 6.89. The molecule has 0 aliphatic carbocycles. The van der Waals surface area contributed by atoms with Crippen molar-refractivity contribution in [2.24, 2.45) is 0 Å². The van der Waals surface area contributed by atoms with E-state index in [9.17, 15) is 4.79 Å². The van der Waals surface area contributed by atoms with Crippen molar-refractivity contribution in [1.29, 1.82) is 0 Å². The van der Waals surface area contributed by atoms with E-state index < -0.39 is 0 Å². The molecular formula is C16H18ClN3O. The van der Waals surface area contributed by atoms with Gasteiger partial charge in [0.05, 0.1) is 0 Å². The number of carbonyl (C=O) groups excluding carboxylic acids is 1. The van der Waals surface area contributed by atoms with Gasteiger partial charge in [0.15, 0.2) is 0 Å². The molecule has 1 aromatic carbocycles. The van der Waals surface area contributed by atoms with Gasteiger partial charge in [0.25, 0.3) is 0 Å². The van der Waals surface area contributed by atoms with Gasteiger partial charge in [0.1, 0.15) is 0 Å². The maximum Gasteiger partial charge on any atom is 0.314 e. The molecule has 0 bridgehead atoms. The van der Waals surface area contributed by atoms with Gasteiger partial charge in [0.2, 0.25) is 0 Å². The lowest BCUT2D eigenvalue weighted by atomic mass is 10.1. The zero-order valence-corrected chi connectivity index (χ0v) is 12.4. The molecule has 0 aliphatic heterocycles. The largest absolute Gasteiger partial charge is 0.338 e. The Hall–Kier alpha value is -2.07. The third-order valence-corrected chi connectivity index (χ3v) is 3.29. The van der Waals surface area contributed by atoms with E-state index in [-0.39, 0.29) is 6.03 Å². The van der Waals surface area contributed by atoms with Crippen molar-refractivity contribution in [3.05, 3.63) is 64.9 Å². The van der Waals surface area contributed by atoms with Crippen LogP contribution in [0.4, 0.5) is 4.79 Å². The van der Waals surface area contributed by atoms with Crippen LogP contribution in [0.2, 0.25) is 5.02 Å². The predicted octanol–water partition coefficient (Wildman–Crippen LogP) is 2.82. The number of carbonyl (C=O) groups is 1. The van der Waals surface area contributed by atoms with Gasteiger partial charge in [0, 0.05) is 30.5 Å². The number of nitrogens with one attached hydrogen (secondary N) is 2. The molecule has 4 nitrogen and oxygen atoms in total. The summed E-state index contributed by atoms with van der Waals surface area (Å²) >= 11 is 5.82. The van der Waals surface area contributed by atoms with Crippen molar-refractivity contribution in [3.8, 4) is 0 Å². The first-order valence-corrected chi connectivity index (χ1v) is 7.27. The Morgan fingerprint density at radius 2 is 1.67 bits per heavy atom. The Bertz CT molecular complexity index is 557. The number of rotatable bonds is 6. The van der Waals surface area contributed by atoms with Gasteiger partial charge in [-0.3, -0.25) is 4.98 Å². The second-order valence-electron chi connectivity index (χ2n) is 4.67. The maximum absolute atomic E-state index is 11.6. The molecule has 1 heterocycles.